The maximum absolute atomic E-state index is 12.1. The summed E-state index contributed by atoms with van der Waals surface area (Å²) in [5.41, 5.74) is 0. The van der Waals surface area contributed by atoms with Gasteiger partial charge in [-0.15, -0.1) is 0 Å². The predicted octanol–water partition coefficient (Wildman–Crippen LogP) is 1.52. The second-order valence-electron chi connectivity index (χ2n) is 2.40. The molecule has 1 unspecified atom stereocenters. The molecule has 0 aromatic heterocycles. The Hall–Kier alpha value is -1.06. The molecule has 0 saturated heterocycles. The van der Waals surface area contributed by atoms with Crippen molar-refractivity contribution in [2.45, 2.75) is 12.5 Å². The van der Waals surface area contributed by atoms with Crippen LogP contribution in [-0.2, 0) is 0 Å². The molecule has 11 heavy (non-hydrogen) atoms. The first kappa shape index (κ1) is 8.04. The van der Waals surface area contributed by atoms with Crippen LogP contribution in [0.4, 0.5) is 8.78 Å². The number of aliphatic hydroxyl groups excluding tert-OH is 1. The van der Waals surface area contributed by atoms with Gasteiger partial charge >= 0.3 is 0 Å². The van der Waals surface area contributed by atoms with Crippen LogP contribution in [0, 0.1) is 0 Å². The molecule has 0 saturated carbocycles. The molecular weight excluding hydrogens is 152 g/mol. The van der Waals surface area contributed by atoms with Crippen molar-refractivity contribution in [1.82, 2.24) is 4.90 Å². The molecule has 0 fully saturated rings. The molecule has 4 heteroatoms. The van der Waals surface area contributed by atoms with Crippen molar-refractivity contribution < 1.29 is 13.9 Å². The molecule has 0 amide bonds. The predicted molar refractivity (Wildman–Crippen MR) is 37.4 cm³/mol. The third-order valence-corrected chi connectivity index (χ3v) is 1.53. The summed E-state index contributed by atoms with van der Waals surface area (Å²) in [6.07, 6.45) is 1.41. The lowest BCUT2D eigenvalue weighted by Crippen LogP contribution is -2.33. The summed E-state index contributed by atoms with van der Waals surface area (Å²) < 4.78 is 24.2. The van der Waals surface area contributed by atoms with Crippen LogP contribution in [0.15, 0.2) is 24.1 Å². The lowest BCUT2D eigenvalue weighted by atomic mass is 10.2. The number of rotatable bonds is 1. The van der Waals surface area contributed by atoms with Gasteiger partial charge < -0.3 is 10.0 Å². The van der Waals surface area contributed by atoms with Crippen LogP contribution in [0.5, 0.6) is 0 Å². The van der Waals surface area contributed by atoms with E-state index in [9.17, 15) is 8.78 Å². The van der Waals surface area contributed by atoms with Gasteiger partial charge in [-0.3, -0.25) is 0 Å². The van der Waals surface area contributed by atoms with Gasteiger partial charge in [0.1, 0.15) is 11.8 Å². The Balaban J connectivity index is 2.69. The van der Waals surface area contributed by atoms with E-state index in [1.165, 1.54) is 30.3 Å². The minimum Gasteiger partial charge on any atom is -0.506 e. The van der Waals surface area contributed by atoms with E-state index in [0.29, 0.717) is 0 Å². The molecule has 1 N–H and O–H groups in total. The Morgan fingerprint density at radius 1 is 1.64 bits per heavy atom. The van der Waals surface area contributed by atoms with Crippen molar-refractivity contribution in [3.05, 3.63) is 24.1 Å². The van der Waals surface area contributed by atoms with Crippen molar-refractivity contribution in [2.24, 2.45) is 0 Å². The lowest BCUT2D eigenvalue weighted by Gasteiger charge is -2.25. The van der Waals surface area contributed by atoms with Crippen LogP contribution in [0.3, 0.4) is 0 Å². The highest BCUT2D eigenvalue weighted by Gasteiger charge is 2.22. The number of hydrogen-bond acceptors (Lipinski definition) is 2. The van der Waals surface area contributed by atoms with Crippen LogP contribution in [0.1, 0.15) is 0 Å². The average Bonchev–Trinajstić information content (AvgIpc) is 1.85. The molecular formula is C7H9F2NO. The zero-order chi connectivity index (χ0) is 8.43. The topological polar surface area (TPSA) is 23.5 Å². The Morgan fingerprint density at radius 3 is 2.73 bits per heavy atom. The van der Waals surface area contributed by atoms with Crippen molar-refractivity contribution in [3.8, 4) is 0 Å². The largest absolute Gasteiger partial charge is 0.506 e. The highest BCUT2D eigenvalue weighted by Crippen LogP contribution is 2.15. The molecule has 1 aliphatic heterocycles. The third-order valence-electron chi connectivity index (χ3n) is 1.53. The van der Waals surface area contributed by atoms with E-state index in [1.807, 2.05) is 0 Å². The summed E-state index contributed by atoms with van der Waals surface area (Å²) in [5.74, 6) is 0.00407. The van der Waals surface area contributed by atoms with Gasteiger partial charge in [-0.2, -0.15) is 0 Å². The maximum Gasteiger partial charge on any atom is 0.262 e. The first-order valence-electron chi connectivity index (χ1n) is 3.20. The fraction of sp³-hybridized carbons (Fsp3) is 0.429. The maximum atomic E-state index is 12.1. The highest BCUT2D eigenvalue weighted by molar-refractivity contribution is 5.18. The van der Waals surface area contributed by atoms with Crippen LogP contribution >= 0.6 is 0 Å². The van der Waals surface area contributed by atoms with E-state index in [1.54, 1.807) is 0 Å². The molecule has 2 nitrogen and oxygen atoms in total. The number of aliphatic hydroxyl groups is 1. The van der Waals surface area contributed by atoms with Gasteiger partial charge in [-0.1, -0.05) is 6.08 Å². The molecule has 0 aromatic carbocycles. The summed E-state index contributed by atoms with van der Waals surface area (Å²) in [4.78, 5) is 1.28. The normalized spacial score (nSPS) is 24.2. The Kier molecular flexibility index (Phi) is 2.12. The standard InChI is InChI=1S/C7H9F2NO/c1-10-4-5(11)2-3-6(10)7(8)9/h2-4,6-7,11H,1H3. The van der Waals surface area contributed by atoms with Crippen LogP contribution in [-0.4, -0.2) is 29.5 Å². The second kappa shape index (κ2) is 2.90. The number of alkyl halides is 2. The Bertz CT molecular complexity index is 201. The van der Waals surface area contributed by atoms with Gasteiger partial charge in [0, 0.05) is 13.2 Å². The van der Waals surface area contributed by atoms with Gasteiger partial charge in [-0.25, -0.2) is 8.78 Å². The Morgan fingerprint density at radius 2 is 2.27 bits per heavy atom. The average molecular weight is 161 g/mol. The zero-order valence-corrected chi connectivity index (χ0v) is 6.04. The summed E-state index contributed by atoms with van der Waals surface area (Å²) in [7, 11) is 1.50. The summed E-state index contributed by atoms with van der Waals surface area (Å²) >= 11 is 0. The fourth-order valence-electron chi connectivity index (χ4n) is 0.932. The number of allylic oxidation sites excluding steroid dienone is 1. The van der Waals surface area contributed by atoms with Crippen molar-refractivity contribution >= 4 is 0 Å². The molecule has 0 aliphatic carbocycles. The van der Waals surface area contributed by atoms with Crippen molar-refractivity contribution in [3.63, 3.8) is 0 Å². The van der Waals surface area contributed by atoms with Gasteiger partial charge in [0.2, 0.25) is 0 Å². The lowest BCUT2D eigenvalue weighted by molar-refractivity contribution is 0.0782. The highest BCUT2D eigenvalue weighted by atomic mass is 19.3. The van der Waals surface area contributed by atoms with Gasteiger partial charge in [0.15, 0.2) is 0 Å². The molecule has 0 aromatic rings. The molecule has 0 spiro atoms. The van der Waals surface area contributed by atoms with E-state index in [-0.39, 0.29) is 5.76 Å². The van der Waals surface area contributed by atoms with Crippen molar-refractivity contribution in [2.75, 3.05) is 7.05 Å². The smallest absolute Gasteiger partial charge is 0.262 e. The summed E-state index contributed by atoms with van der Waals surface area (Å²) in [5, 5.41) is 8.87. The molecule has 1 aliphatic rings. The van der Waals surface area contributed by atoms with Crippen LogP contribution < -0.4 is 0 Å². The SMILES string of the molecule is CN1C=C(O)C=CC1C(F)F. The van der Waals surface area contributed by atoms with Gasteiger partial charge in [0.25, 0.3) is 6.43 Å². The number of likely N-dealkylation sites (N-methyl/N-ethyl adjacent to an activating group) is 1. The molecule has 1 heterocycles. The van der Waals surface area contributed by atoms with E-state index in [0.717, 1.165) is 0 Å². The van der Waals surface area contributed by atoms with Crippen LogP contribution in [0.25, 0.3) is 0 Å². The first-order valence-corrected chi connectivity index (χ1v) is 3.20. The zero-order valence-electron chi connectivity index (χ0n) is 6.04. The van der Waals surface area contributed by atoms with E-state index in [4.69, 9.17) is 5.11 Å². The number of hydrogen-bond donors (Lipinski definition) is 1. The fourth-order valence-corrected chi connectivity index (χ4v) is 0.932. The molecule has 0 radical (unpaired) electrons. The monoisotopic (exact) mass is 161 g/mol. The van der Waals surface area contributed by atoms with E-state index >= 15 is 0 Å². The first-order chi connectivity index (χ1) is 5.11. The second-order valence-corrected chi connectivity index (χ2v) is 2.40. The van der Waals surface area contributed by atoms with Gasteiger partial charge in [0.05, 0.1) is 0 Å². The number of nitrogens with zero attached hydrogens (tertiary/aromatic N) is 1. The molecule has 1 rings (SSSR count). The van der Waals surface area contributed by atoms with E-state index in [2.05, 4.69) is 0 Å². The molecule has 0 bridgehead atoms. The minimum atomic E-state index is -2.42. The summed E-state index contributed by atoms with van der Waals surface area (Å²) in [6, 6.07) is -0.911. The van der Waals surface area contributed by atoms with Crippen molar-refractivity contribution in [1.29, 1.82) is 0 Å². The van der Waals surface area contributed by atoms with Gasteiger partial charge in [-0.05, 0) is 6.08 Å². The van der Waals surface area contributed by atoms with Crippen LogP contribution in [0.2, 0.25) is 0 Å². The quantitative estimate of drug-likeness (QED) is 0.630. The third kappa shape index (κ3) is 1.69. The minimum absolute atomic E-state index is 0.00407. The molecule has 62 valence electrons. The number of halogens is 2. The van der Waals surface area contributed by atoms with E-state index < -0.39 is 12.5 Å². The Labute approximate surface area is 63.4 Å². The molecule has 1 atom stereocenters. The summed E-state index contributed by atoms with van der Waals surface area (Å²) in [6.45, 7) is 0.